The molecule has 2 aromatic rings. The first kappa shape index (κ1) is 19.9. The Morgan fingerprint density at radius 3 is 2.61 bits per heavy atom. The van der Waals surface area contributed by atoms with Crippen LogP contribution in [-0.4, -0.2) is 34.1 Å². The number of hydrogen-bond acceptors (Lipinski definition) is 6. The van der Waals surface area contributed by atoms with Crippen molar-refractivity contribution in [1.29, 1.82) is 0 Å². The van der Waals surface area contributed by atoms with Crippen molar-refractivity contribution in [3.05, 3.63) is 73.6 Å². The molecule has 0 atom stereocenters. The highest BCUT2D eigenvalue weighted by Crippen LogP contribution is 2.33. The molecule has 1 aliphatic rings. The lowest BCUT2D eigenvalue weighted by Crippen LogP contribution is -2.32. The number of nitro benzene ring substituents is 1. The van der Waals surface area contributed by atoms with Gasteiger partial charge in [0.15, 0.2) is 0 Å². The highest BCUT2D eigenvalue weighted by molar-refractivity contribution is 8.18. The molecule has 0 saturated carbocycles. The number of nitrogens with zero attached hydrogens (tertiary/aromatic N) is 2. The van der Waals surface area contributed by atoms with E-state index in [-0.39, 0.29) is 28.8 Å². The number of amides is 2. The minimum atomic E-state index is -0.603. The van der Waals surface area contributed by atoms with E-state index in [9.17, 15) is 19.7 Å². The van der Waals surface area contributed by atoms with Gasteiger partial charge in [-0.1, -0.05) is 35.4 Å². The first-order valence-electron chi connectivity index (χ1n) is 8.24. The molecule has 2 amide bonds. The van der Waals surface area contributed by atoms with Gasteiger partial charge in [-0.15, -0.1) is 0 Å². The summed E-state index contributed by atoms with van der Waals surface area (Å²) in [5.74, 6) is 0.196. The summed E-state index contributed by atoms with van der Waals surface area (Å²) in [5.41, 5.74) is 1.25. The standard InChI is InChI=1S/C19H15ClN2O5S/c1-12-2-5-14(6-3-12)27-9-8-21-18(23)17(28-19(21)24)11-13-4-7-15(20)16(10-13)22(25)26/h2-7,10-11H,8-9H2,1H3/b17-11-. The molecule has 0 aliphatic carbocycles. The average molecular weight is 419 g/mol. The molecule has 3 rings (SSSR count). The number of imide groups is 1. The van der Waals surface area contributed by atoms with Crippen molar-refractivity contribution in [3.63, 3.8) is 0 Å². The van der Waals surface area contributed by atoms with E-state index in [1.165, 1.54) is 18.2 Å². The second kappa shape index (κ2) is 8.45. The molecule has 9 heteroatoms. The Bertz CT molecular complexity index is 975. The van der Waals surface area contributed by atoms with Gasteiger partial charge in [0.2, 0.25) is 0 Å². The molecule has 0 aromatic heterocycles. The van der Waals surface area contributed by atoms with Gasteiger partial charge in [-0.2, -0.15) is 0 Å². The van der Waals surface area contributed by atoms with Crippen LogP contribution >= 0.6 is 23.4 Å². The lowest BCUT2D eigenvalue weighted by atomic mass is 10.2. The molecule has 2 aromatic carbocycles. The fourth-order valence-corrected chi connectivity index (χ4v) is 3.54. The number of benzene rings is 2. The van der Waals surface area contributed by atoms with Crippen LogP contribution in [0.2, 0.25) is 5.02 Å². The van der Waals surface area contributed by atoms with E-state index in [2.05, 4.69) is 0 Å². The summed E-state index contributed by atoms with van der Waals surface area (Å²) in [6.45, 7) is 2.24. The fourth-order valence-electron chi connectivity index (χ4n) is 2.49. The summed E-state index contributed by atoms with van der Waals surface area (Å²) in [4.78, 5) is 36.3. The third kappa shape index (κ3) is 4.52. The van der Waals surface area contributed by atoms with Gasteiger partial charge >= 0.3 is 0 Å². The molecule has 1 fully saturated rings. The molecule has 0 unspecified atom stereocenters. The Morgan fingerprint density at radius 1 is 1.21 bits per heavy atom. The number of nitro groups is 1. The first-order valence-corrected chi connectivity index (χ1v) is 9.43. The smallest absolute Gasteiger partial charge is 0.293 e. The van der Waals surface area contributed by atoms with E-state index < -0.39 is 16.1 Å². The summed E-state index contributed by atoms with van der Waals surface area (Å²) >= 11 is 6.57. The van der Waals surface area contributed by atoms with Crippen molar-refractivity contribution >= 4 is 46.3 Å². The maximum atomic E-state index is 12.5. The zero-order valence-corrected chi connectivity index (χ0v) is 16.3. The molecule has 0 N–H and O–H groups in total. The number of halogens is 1. The molecule has 1 saturated heterocycles. The molecule has 28 heavy (non-hydrogen) atoms. The van der Waals surface area contributed by atoms with Crippen molar-refractivity contribution < 1.29 is 19.2 Å². The van der Waals surface area contributed by atoms with E-state index in [4.69, 9.17) is 16.3 Å². The van der Waals surface area contributed by atoms with Crippen LogP contribution < -0.4 is 4.74 Å². The zero-order chi connectivity index (χ0) is 20.3. The molecule has 144 valence electrons. The molecule has 0 radical (unpaired) electrons. The Morgan fingerprint density at radius 2 is 1.93 bits per heavy atom. The summed E-state index contributed by atoms with van der Waals surface area (Å²) in [6, 6.07) is 11.6. The van der Waals surface area contributed by atoms with Crippen molar-refractivity contribution in [2.75, 3.05) is 13.2 Å². The van der Waals surface area contributed by atoms with Gasteiger partial charge in [0.05, 0.1) is 16.4 Å². The van der Waals surface area contributed by atoms with E-state index in [0.29, 0.717) is 11.3 Å². The Balaban J connectivity index is 1.67. The summed E-state index contributed by atoms with van der Waals surface area (Å²) in [7, 11) is 0. The minimum absolute atomic E-state index is 0.00325. The van der Waals surface area contributed by atoms with Gasteiger partial charge in [-0.25, -0.2) is 0 Å². The fraction of sp³-hybridized carbons (Fsp3) is 0.158. The third-order valence-electron chi connectivity index (χ3n) is 3.94. The number of thioether (sulfide) groups is 1. The summed E-state index contributed by atoms with van der Waals surface area (Å²) in [5, 5.41) is 10.6. The van der Waals surface area contributed by atoms with Crippen molar-refractivity contribution in [2.45, 2.75) is 6.92 Å². The lowest BCUT2D eigenvalue weighted by Gasteiger charge is -2.13. The van der Waals surface area contributed by atoms with Crippen LogP contribution in [0.4, 0.5) is 10.5 Å². The molecule has 0 bridgehead atoms. The highest BCUT2D eigenvalue weighted by Gasteiger charge is 2.34. The topological polar surface area (TPSA) is 89.8 Å². The van der Waals surface area contributed by atoms with Crippen molar-refractivity contribution in [1.82, 2.24) is 4.90 Å². The zero-order valence-electron chi connectivity index (χ0n) is 14.8. The number of aryl methyl sites for hydroxylation is 1. The molecule has 1 aliphatic heterocycles. The van der Waals surface area contributed by atoms with Crippen LogP contribution in [0.1, 0.15) is 11.1 Å². The van der Waals surface area contributed by atoms with Gasteiger partial charge in [-0.3, -0.25) is 24.6 Å². The van der Waals surface area contributed by atoms with E-state index >= 15 is 0 Å². The van der Waals surface area contributed by atoms with E-state index in [1.807, 2.05) is 31.2 Å². The van der Waals surface area contributed by atoms with Crippen LogP contribution in [0.15, 0.2) is 47.4 Å². The molecule has 7 nitrogen and oxygen atoms in total. The van der Waals surface area contributed by atoms with Crippen LogP contribution in [0.5, 0.6) is 5.75 Å². The molecule has 0 spiro atoms. The van der Waals surface area contributed by atoms with Crippen LogP contribution in [0.25, 0.3) is 6.08 Å². The SMILES string of the molecule is Cc1ccc(OCCN2C(=O)S/C(=C\c3ccc(Cl)c([N+](=O)[O-])c3)C2=O)cc1. The van der Waals surface area contributed by atoms with E-state index in [0.717, 1.165) is 22.2 Å². The van der Waals surface area contributed by atoms with Gasteiger partial charge in [0, 0.05) is 6.07 Å². The van der Waals surface area contributed by atoms with Crippen LogP contribution in [0, 0.1) is 17.0 Å². The summed E-state index contributed by atoms with van der Waals surface area (Å²) < 4.78 is 5.56. The maximum Gasteiger partial charge on any atom is 0.293 e. The third-order valence-corrected chi connectivity index (χ3v) is 5.17. The number of carbonyl (C=O) groups is 2. The largest absolute Gasteiger partial charge is 0.492 e. The number of ether oxygens (including phenoxy) is 1. The van der Waals surface area contributed by atoms with Crippen LogP contribution in [-0.2, 0) is 4.79 Å². The maximum absolute atomic E-state index is 12.5. The normalized spacial score (nSPS) is 15.4. The predicted molar refractivity (Wildman–Crippen MR) is 107 cm³/mol. The quantitative estimate of drug-likeness (QED) is 0.384. The lowest BCUT2D eigenvalue weighted by molar-refractivity contribution is -0.384. The van der Waals surface area contributed by atoms with Crippen LogP contribution in [0.3, 0.4) is 0 Å². The van der Waals surface area contributed by atoms with Gasteiger partial charge < -0.3 is 4.74 Å². The van der Waals surface area contributed by atoms with Gasteiger partial charge in [-0.05, 0) is 48.5 Å². The minimum Gasteiger partial charge on any atom is -0.492 e. The second-order valence-electron chi connectivity index (χ2n) is 5.96. The number of rotatable bonds is 6. The summed E-state index contributed by atoms with van der Waals surface area (Å²) in [6.07, 6.45) is 1.44. The Kier molecular flexibility index (Phi) is 6.01. The number of hydrogen-bond donors (Lipinski definition) is 0. The van der Waals surface area contributed by atoms with Gasteiger partial charge in [0.25, 0.3) is 16.8 Å². The van der Waals surface area contributed by atoms with E-state index in [1.54, 1.807) is 6.07 Å². The molecular weight excluding hydrogens is 404 g/mol. The predicted octanol–water partition coefficient (Wildman–Crippen LogP) is 4.67. The average Bonchev–Trinajstić information content (AvgIpc) is 2.92. The highest BCUT2D eigenvalue weighted by atomic mass is 35.5. The molecule has 1 heterocycles. The Labute approximate surface area is 170 Å². The van der Waals surface area contributed by atoms with Gasteiger partial charge in [0.1, 0.15) is 17.4 Å². The Hall–Kier alpha value is -2.84. The van der Waals surface area contributed by atoms with Crippen molar-refractivity contribution in [2.24, 2.45) is 0 Å². The van der Waals surface area contributed by atoms with Crippen molar-refractivity contribution in [3.8, 4) is 5.75 Å². The monoisotopic (exact) mass is 418 g/mol. The second-order valence-corrected chi connectivity index (χ2v) is 7.36. The number of carbonyl (C=O) groups excluding carboxylic acids is 2. The first-order chi connectivity index (χ1) is 13.3. The molecular formula is C19H15ClN2O5S.